The molecule has 0 aromatic heterocycles. The van der Waals surface area contributed by atoms with E-state index in [9.17, 15) is 18.0 Å². The summed E-state index contributed by atoms with van der Waals surface area (Å²) in [6.45, 7) is 3.01. The number of rotatable bonds is 3. The van der Waals surface area contributed by atoms with Crippen LogP contribution in [0.15, 0.2) is 24.3 Å². The highest BCUT2D eigenvalue weighted by atomic mass is 19.4. The van der Waals surface area contributed by atoms with Gasteiger partial charge in [-0.3, -0.25) is 4.79 Å². The zero-order valence-electron chi connectivity index (χ0n) is 12.6. The molecule has 1 N–H and O–H groups in total. The smallest absolute Gasteiger partial charge is 0.405 e. The Morgan fingerprint density at radius 2 is 2.00 bits per heavy atom. The van der Waals surface area contributed by atoms with Crippen molar-refractivity contribution in [3.8, 4) is 5.75 Å². The maximum Gasteiger partial charge on any atom is 0.573 e. The van der Waals surface area contributed by atoms with Crippen LogP contribution in [0.1, 0.15) is 24.3 Å². The van der Waals surface area contributed by atoms with Crippen LogP contribution in [0.25, 0.3) is 0 Å². The Kier molecular flexibility index (Phi) is 4.48. The summed E-state index contributed by atoms with van der Waals surface area (Å²) in [6.07, 6.45) is -3.24. The van der Waals surface area contributed by atoms with Crippen molar-refractivity contribution in [3.05, 3.63) is 29.8 Å². The molecule has 1 saturated carbocycles. The lowest BCUT2D eigenvalue weighted by molar-refractivity contribution is -0.274. The third-order valence-electron chi connectivity index (χ3n) is 4.30. The van der Waals surface area contributed by atoms with Crippen molar-refractivity contribution in [2.24, 2.45) is 5.92 Å². The molecule has 1 saturated heterocycles. The largest absolute Gasteiger partial charge is 0.573 e. The SMILES string of the molecule is O=C([C@H]1C[C@H]1c1ccccc1OC(F)(F)F)N1CCCNCC1. The zero-order valence-corrected chi connectivity index (χ0v) is 12.6. The maximum atomic E-state index is 12.5. The Hall–Kier alpha value is -1.76. The molecule has 0 unspecified atom stereocenters. The van der Waals surface area contributed by atoms with Gasteiger partial charge in [0.1, 0.15) is 5.75 Å². The van der Waals surface area contributed by atoms with E-state index in [1.165, 1.54) is 12.1 Å². The predicted molar refractivity (Wildman–Crippen MR) is 78.0 cm³/mol. The maximum absolute atomic E-state index is 12.5. The number of carbonyl (C=O) groups excluding carboxylic acids is 1. The Balaban J connectivity index is 1.69. The number of carbonyl (C=O) groups is 1. The normalized spacial score (nSPS) is 24.9. The van der Waals surface area contributed by atoms with E-state index >= 15 is 0 Å². The number of hydrogen-bond acceptors (Lipinski definition) is 3. The van der Waals surface area contributed by atoms with Crippen LogP contribution in [0.5, 0.6) is 5.75 Å². The second-order valence-corrected chi connectivity index (χ2v) is 5.96. The molecule has 2 fully saturated rings. The van der Waals surface area contributed by atoms with Gasteiger partial charge in [0.15, 0.2) is 0 Å². The summed E-state index contributed by atoms with van der Waals surface area (Å²) in [7, 11) is 0. The Bertz CT molecular complexity index is 569. The fourth-order valence-electron chi connectivity index (χ4n) is 3.12. The second-order valence-electron chi connectivity index (χ2n) is 5.96. The summed E-state index contributed by atoms with van der Waals surface area (Å²) in [5, 5.41) is 3.23. The van der Waals surface area contributed by atoms with E-state index in [0.29, 0.717) is 25.1 Å². The van der Waals surface area contributed by atoms with Crippen LogP contribution >= 0.6 is 0 Å². The first kappa shape index (κ1) is 16.1. The minimum Gasteiger partial charge on any atom is -0.405 e. The number of benzene rings is 1. The number of alkyl halides is 3. The molecular weight excluding hydrogens is 309 g/mol. The minimum absolute atomic E-state index is 0.0421. The fraction of sp³-hybridized carbons (Fsp3) is 0.562. The number of para-hydroxylation sites is 1. The van der Waals surface area contributed by atoms with Gasteiger partial charge in [-0.25, -0.2) is 0 Å². The van der Waals surface area contributed by atoms with Crippen molar-refractivity contribution in [3.63, 3.8) is 0 Å². The number of amides is 1. The summed E-state index contributed by atoms with van der Waals surface area (Å²) in [6, 6.07) is 6.10. The highest BCUT2D eigenvalue weighted by Crippen LogP contribution is 2.51. The van der Waals surface area contributed by atoms with Crippen molar-refractivity contribution in [2.45, 2.75) is 25.1 Å². The lowest BCUT2D eigenvalue weighted by Crippen LogP contribution is -2.35. The van der Waals surface area contributed by atoms with Gasteiger partial charge in [-0.05, 0) is 36.9 Å². The molecule has 1 aromatic rings. The van der Waals surface area contributed by atoms with Crippen LogP contribution in [0, 0.1) is 5.92 Å². The summed E-state index contributed by atoms with van der Waals surface area (Å²) < 4.78 is 41.6. The third kappa shape index (κ3) is 3.96. The van der Waals surface area contributed by atoms with Gasteiger partial charge >= 0.3 is 6.36 Å². The van der Waals surface area contributed by atoms with Gasteiger partial charge < -0.3 is 15.0 Å². The monoisotopic (exact) mass is 328 g/mol. The summed E-state index contributed by atoms with van der Waals surface area (Å²) in [5.74, 6) is -0.568. The predicted octanol–water partition coefficient (Wildman–Crippen LogP) is 2.51. The van der Waals surface area contributed by atoms with E-state index in [-0.39, 0.29) is 23.5 Å². The van der Waals surface area contributed by atoms with Gasteiger partial charge in [0.25, 0.3) is 0 Å². The Labute approximate surface area is 132 Å². The first-order chi connectivity index (χ1) is 11.0. The van der Waals surface area contributed by atoms with Crippen LogP contribution < -0.4 is 10.1 Å². The van der Waals surface area contributed by atoms with Crippen molar-refractivity contribution in [2.75, 3.05) is 26.2 Å². The molecular formula is C16H19F3N2O2. The Morgan fingerprint density at radius 3 is 2.78 bits per heavy atom. The number of nitrogens with one attached hydrogen (secondary N) is 1. The molecule has 1 amide bonds. The van der Waals surface area contributed by atoms with Crippen molar-refractivity contribution < 1.29 is 22.7 Å². The van der Waals surface area contributed by atoms with Crippen molar-refractivity contribution >= 4 is 5.91 Å². The van der Waals surface area contributed by atoms with Crippen LogP contribution in [-0.4, -0.2) is 43.3 Å². The summed E-state index contributed by atoms with van der Waals surface area (Å²) >= 11 is 0. The van der Waals surface area contributed by atoms with Gasteiger partial charge in [0.2, 0.25) is 5.91 Å². The van der Waals surface area contributed by atoms with Crippen molar-refractivity contribution in [1.29, 1.82) is 0 Å². The minimum atomic E-state index is -4.72. The number of hydrogen-bond donors (Lipinski definition) is 1. The number of halogens is 3. The number of ether oxygens (including phenoxy) is 1. The highest BCUT2D eigenvalue weighted by molar-refractivity contribution is 5.83. The molecule has 126 valence electrons. The van der Waals surface area contributed by atoms with Crippen molar-refractivity contribution in [1.82, 2.24) is 10.2 Å². The first-order valence-electron chi connectivity index (χ1n) is 7.80. The molecule has 0 bridgehead atoms. The summed E-state index contributed by atoms with van der Waals surface area (Å²) in [5.41, 5.74) is 0.469. The fourth-order valence-corrected chi connectivity index (χ4v) is 3.12. The van der Waals surface area contributed by atoms with Crippen LogP contribution in [0.2, 0.25) is 0 Å². The molecule has 4 nitrogen and oxygen atoms in total. The third-order valence-corrected chi connectivity index (χ3v) is 4.30. The van der Waals surface area contributed by atoms with E-state index in [2.05, 4.69) is 10.1 Å². The molecule has 7 heteroatoms. The van der Waals surface area contributed by atoms with Crippen LogP contribution in [0.3, 0.4) is 0 Å². The van der Waals surface area contributed by atoms with Gasteiger partial charge in [0.05, 0.1) is 0 Å². The van der Waals surface area contributed by atoms with Gasteiger partial charge in [0, 0.05) is 25.6 Å². The van der Waals surface area contributed by atoms with E-state index in [1.54, 1.807) is 12.1 Å². The van der Waals surface area contributed by atoms with E-state index in [1.807, 2.05) is 4.90 Å². The standard InChI is InChI=1S/C16H19F3N2O2/c17-16(18,19)23-14-5-2-1-4-11(14)12-10-13(12)15(22)21-8-3-6-20-7-9-21/h1-2,4-5,12-13,20H,3,6-10H2/t12-,13-/m0/s1. The van der Waals surface area contributed by atoms with E-state index in [4.69, 9.17) is 0 Å². The summed E-state index contributed by atoms with van der Waals surface area (Å²) in [4.78, 5) is 14.3. The molecule has 3 rings (SSSR count). The molecule has 2 atom stereocenters. The first-order valence-corrected chi connectivity index (χ1v) is 7.80. The highest BCUT2D eigenvalue weighted by Gasteiger charge is 2.47. The second kappa shape index (κ2) is 6.39. The molecule has 23 heavy (non-hydrogen) atoms. The zero-order chi connectivity index (χ0) is 16.4. The number of nitrogens with zero attached hydrogens (tertiary/aromatic N) is 1. The Morgan fingerprint density at radius 1 is 1.22 bits per heavy atom. The lowest BCUT2D eigenvalue weighted by Gasteiger charge is -2.20. The van der Waals surface area contributed by atoms with Crippen LogP contribution in [0.4, 0.5) is 13.2 Å². The topological polar surface area (TPSA) is 41.6 Å². The molecule has 1 aliphatic heterocycles. The van der Waals surface area contributed by atoms with E-state index < -0.39 is 6.36 Å². The van der Waals surface area contributed by atoms with Gasteiger partial charge in [-0.15, -0.1) is 13.2 Å². The quantitative estimate of drug-likeness (QED) is 0.927. The molecule has 1 heterocycles. The molecule has 0 spiro atoms. The van der Waals surface area contributed by atoms with Crippen LogP contribution in [-0.2, 0) is 4.79 Å². The van der Waals surface area contributed by atoms with Gasteiger partial charge in [-0.2, -0.15) is 0 Å². The molecule has 1 aliphatic carbocycles. The van der Waals surface area contributed by atoms with E-state index in [0.717, 1.165) is 19.5 Å². The average Bonchev–Trinajstić information content (AvgIpc) is 3.29. The average molecular weight is 328 g/mol. The molecule has 2 aliphatic rings. The molecule has 0 radical (unpaired) electrons. The van der Waals surface area contributed by atoms with Gasteiger partial charge in [-0.1, -0.05) is 18.2 Å². The lowest BCUT2D eigenvalue weighted by atomic mass is 10.1. The molecule has 1 aromatic carbocycles.